The maximum atomic E-state index is 8.99. The number of hydrogen-bond donors (Lipinski definition) is 1. The Balaban J connectivity index is 2.41. The van der Waals surface area contributed by atoms with E-state index in [1.165, 1.54) is 23.1 Å². The van der Waals surface area contributed by atoms with Crippen LogP contribution in [0.15, 0.2) is 30.7 Å². The van der Waals surface area contributed by atoms with Crippen LogP contribution in [0.25, 0.3) is 5.82 Å². The van der Waals surface area contributed by atoms with Gasteiger partial charge in [-0.3, -0.25) is 0 Å². The van der Waals surface area contributed by atoms with Gasteiger partial charge in [-0.1, -0.05) is 11.6 Å². The molecule has 5 heteroatoms. The van der Waals surface area contributed by atoms with E-state index in [2.05, 4.69) is 10.1 Å². The quantitative estimate of drug-likeness (QED) is 0.753. The van der Waals surface area contributed by atoms with Crippen molar-refractivity contribution in [3.8, 4) is 11.6 Å². The fourth-order valence-corrected chi connectivity index (χ4v) is 1.08. The predicted molar refractivity (Wildman–Crippen MR) is 48.0 cm³/mol. The van der Waals surface area contributed by atoms with E-state index in [1.54, 1.807) is 12.3 Å². The normalized spacial score (nSPS) is 10.2. The van der Waals surface area contributed by atoms with Gasteiger partial charge in [0.2, 0.25) is 0 Å². The highest BCUT2D eigenvalue weighted by atomic mass is 35.5. The van der Waals surface area contributed by atoms with Gasteiger partial charge in [0.05, 0.1) is 23.6 Å². The summed E-state index contributed by atoms with van der Waals surface area (Å²) in [6.07, 6.45) is 4.52. The standard InChI is InChI=1S/C8H6ClN3O/c9-6-3-11-12(5-6)8-2-1-7(13)4-10-8/h1-5,13H. The van der Waals surface area contributed by atoms with Crippen LogP contribution in [0.5, 0.6) is 5.75 Å². The molecular weight excluding hydrogens is 190 g/mol. The van der Waals surface area contributed by atoms with Crippen LogP contribution in [-0.4, -0.2) is 19.9 Å². The van der Waals surface area contributed by atoms with Crippen LogP contribution in [0, 0.1) is 0 Å². The Labute approximate surface area is 79.4 Å². The summed E-state index contributed by atoms with van der Waals surface area (Å²) in [6.45, 7) is 0. The molecule has 0 aliphatic carbocycles. The molecule has 0 unspecified atom stereocenters. The van der Waals surface area contributed by atoms with E-state index in [0.29, 0.717) is 10.8 Å². The molecule has 2 heterocycles. The van der Waals surface area contributed by atoms with Gasteiger partial charge in [-0.05, 0) is 12.1 Å². The molecule has 0 aliphatic heterocycles. The number of aromatic nitrogens is 3. The van der Waals surface area contributed by atoms with Crippen LogP contribution in [0.3, 0.4) is 0 Å². The molecule has 13 heavy (non-hydrogen) atoms. The first-order valence-corrected chi connectivity index (χ1v) is 3.99. The summed E-state index contributed by atoms with van der Waals surface area (Å²) in [5.74, 6) is 0.742. The Morgan fingerprint density at radius 1 is 1.31 bits per heavy atom. The zero-order valence-corrected chi connectivity index (χ0v) is 7.31. The number of halogens is 1. The lowest BCUT2D eigenvalue weighted by Gasteiger charge is -1.98. The summed E-state index contributed by atoms with van der Waals surface area (Å²) in [5.41, 5.74) is 0. The first kappa shape index (κ1) is 8.07. The fraction of sp³-hybridized carbons (Fsp3) is 0. The Morgan fingerprint density at radius 3 is 2.69 bits per heavy atom. The van der Waals surface area contributed by atoms with Gasteiger partial charge >= 0.3 is 0 Å². The second kappa shape index (κ2) is 3.06. The lowest BCUT2D eigenvalue weighted by Crippen LogP contribution is -1.96. The van der Waals surface area contributed by atoms with Crippen molar-refractivity contribution in [2.75, 3.05) is 0 Å². The molecule has 2 aromatic heterocycles. The van der Waals surface area contributed by atoms with E-state index < -0.39 is 0 Å². The van der Waals surface area contributed by atoms with Crippen molar-refractivity contribution in [2.24, 2.45) is 0 Å². The smallest absolute Gasteiger partial charge is 0.153 e. The second-order valence-corrected chi connectivity index (χ2v) is 2.91. The molecule has 2 rings (SSSR count). The highest BCUT2D eigenvalue weighted by molar-refractivity contribution is 6.30. The van der Waals surface area contributed by atoms with Gasteiger partial charge in [0, 0.05) is 0 Å². The van der Waals surface area contributed by atoms with Crippen LogP contribution in [0.1, 0.15) is 0 Å². The minimum atomic E-state index is 0.127. The van der Waals surface area contributed by atoms with Gasteiger partial charge in [0.25, 0.3) is 0 Å². The fourth-order valence-electron chi connectivity index (χ4n) is 0.940. The molecule has 0 aliphatic rings. The van der Waals surface area contributed by atoms with Crippen molar-refractivity contribution in [1.29, 1.82) is 0 Å². The second-order valence-electron chi connectivity index (χ2n) is 2.48. The number of pyridine rings is 1. The Hall–Kier alpha value is -1.55. The average Bonchev–Trinajstić information content (AvgIpc) is 2.53. The zero-order chi connectivity index (χ0) is 9.26. The third-order valence-corrected chi connectivity index (χ3v) is 1.71. The van der Waals surface area contributed by atoms with Crippen LogP contribution in [-0.2, 0) is 0 Å². The molecule has 66 valence electrons. The highest BCUT2D eigenvalue weighted by Crippen LogP contribution is 2.12. The molecule has 0 fully saturated rings. The van der Waals surface area contributed by atoms with Crippen LogP contribution in [0.4, 0.5) is 0 Å². The summed E-state index contributed by atoms with van der Waals surface area (Å²) in [7, 11) is 0. The van der Waals surface area contributed by atoms with Crippen molar-refractivity contribution in [1.82, 2.24) is 14.8 Å². The molecule has 0 saturated carbocycles. The third kappa shape index (κ3) is 1.62. The maximum absolute atomic E-state index is 8.99. The minimum absolute atomic E-state index is 0.127. The zero-order valence-electron chi connectivity index (χ0n) is 6.55. The van der Waals surface area contributed by atoms with Crippen molar-refractivity contribution in [2.45, 2.75) is 0 Å². The molecule has 1 N–H and O–H groups in total. The Bertz CT molecular complexity index is 410. The Morgan fingerprint density at radius 2 is 2.15 bits per heavy atom. The van der Waals surface area contributed by atoms with E-state index in [1.807, 2.05) is 0 Å². The minimum Gasteiger partial charge on any atom is -0.506 e. The molecule has 0 radical (unpaired) electrons. The average molecular weight is 196 g/mol. The van der Waals surface area contributed by atoms with E-state index in [9.17, 15) is 0 Å². The molecule has 0 saturated heterocycles. The van der Waals surface area contributed by atoms with Gasteiger partial charge in [0.1, 0.15) is 5.75 Å². The molecule has 4 nitrogen and oxygen atoms in total. The van der Waals surface area contributed by atoms with Crippen molar-refractivity contribution in [3.05, 3.63) is 35.7 Å². The molecule has 0 amide bonds. The van der Waals surface area contributed by atoms with Gasteiger partial charge in [-0.15, -0.1) is 0 Å². The number of hydrogen-bond acceptors (Lipinski definition) is 3. The number of nitrogens with zero attached hydrogens (tertiary/aromatic N) is 3. The molecule has 0 aromatic carbocycles. The van der Waals surface area contributed by atoms with Crippen molar-refractivity contribution >= 4 is 11.6 Å². The van der Waals surface area contributed by atoms with E-state index in [4.69, 9.17) is 16.7 Å². The van der Waals surface area contributed by atoms with Gasteiger partial charge < -0.3 is 5.11 Å². The molecular formula is C8H6ClN3O. The summed E-state index contributed by atoms with van der Waals surface area (Å²) < 4.78 is 1.53. The molecule has 0 spiro atoms. The summed E-state index contributed by atoms with van der Waals surface area (Å²) >= 11 is 5.68. The van der Waals surface area contributed by atoms with Gasteiger partial charge in [0.15, 0.2) is 5.82 Å². The first-order valence-electron chi connectivity index (χ1n) is 3.61. The summed E-state index contributed by atoms with van der Waals surface area (Å²) in [5, 5.41) is 13.5. The monoisotopic (exact) mass is 195 g/mol. The lowest BCUT2D eigenvalue weighted by molar-refractivity contribution is 0.472. The summed E-state index contributed by atoms with van der Waals surface area (Å²) in [4.78, 5) is 3.95. The molecule has 0 bridgehead atoms. The maximum Gasteiger partial charge on any atom is 0.153 e. The lowest BCUT2D eigenvalue weighted by atomic mass is 10.4. The van der Waals surface area contributed by atoms with E-state index in [0.717, 1.165) is 0 Å². The van der Waals surface area contributed by atoms with Crippen LogP contribution < -0.4 is 0 Å². The SMILES string of the molecule is Oc1ccc(-n2cc(Cl)cn2)nc1. The molecule has 0 atom stereocenters. The van der Waals surface area contributed by atoms with Crippen LogP contribution in [0.2, 0.25) is 5.02 Å². The van der Waals surface area contributed by atoms with Crippen LogP contribution >= 0.6 is 11.6 Å². The van der Waals surface area contributed by atoms with Crippen molar-refractivity contribution < 1.29 is 5.11 Å². The largest absolute Gasteiger partial charge is 0.506 e. The predicted octanol–water partition coefficient (Wildman–Crippen LogP) is 1.63. The molecule has 2 aromatic rings. The number of rotatable bonds is 1. The van der Waals surface area contributed by atoms with Crippen molar-refractivity contribution in [3.63, 3.8) is 0 Å². The third-order valence-electron chi connectivity index (χ3n) is 1.52. The van der Waals surface area contributed by atoms with Gasteiger partial charge in [-0.2, -0.15) is 5.10 Å². The first-order chi connectivity index (χ1) is 6.25. The highest BCUT2D eigenvalue weighted by Gasteiger charge is 1.99. The Kier molecular flexibility index (Phi) is 1.90. The number of aromatic hydroxyl groups is 1. The summed E-state index contributed by atoms with van der Waals surface area (Å²) in [6, 6.07) is 3.19. The van der Waals surface area contributed by atoms with E-state index >= 15 is 0 Å². The topological polar surface area (TPSA) is 50.9 Å². The van der Waals surface area contributed by atoms with Gasteiger partial charge in [-0.25, -0.2) is 9.67 Å². The van der Waals surface area contributed by atoms with E-state index in [-0.39, 0.29) is 5.75 Å².